The summed E-state index contributed by atoms with van der Waals surface area (Å²) in [5.74, 6) is 0.967. The smallest absolute Gasteiger partial charge is 0.308 e. The molecule has 1 N–H and O–H groups in total. The number of nitrogens with one attached hydrogen (secondary N) is 1. The molecule has 1 heterocycles. The second-order valence-corrected chi connectivity index (χ2v) is 8.77. The number of amides is 2. The molecule has 2 aromatic rings. The molecular weight excluding hydrogens is 328 g/mol. The Morgan fingerprint density at radius 3 is 2.32 bits per heavy atom. The first-order valence-corrected chi connectivity index (χ1v) is 9.76. The highest BCUT2D eigenvalue weighted by Gasteiger charge is 2.30. The fourth-order valence-electron chi connectivity index (χ4n) is 2.93. The van der Waals surface area contributed by atoms with Crippen molar-refractivity contribution in [3.8, 4) is 0 Å². The molecule has 1 aliphatic heterocycles. The van der Waals surface area contributed by atoms with Gasteiger partial charge >= 0.3 is 6.03 Å². The molecule has 4 heteroatoms. The average molecular weight is 355 g/mol. The van der Waals surface area contributed by atoms with Crippen molar-refractivity contribution in [2.75, 3.05) is 17.6 Å². The molecule has 0 radical (unpaired) electrons. The molecule has 3 nitrogen and oxygen atoms in total. The summed E-state index contributed by atoms with van der Waals surface area (Å²) in [7, 11) is 0. The van der Waals surface area contributed by atoms with E-state index in [1.807, 2.05) is 28.8 Å². The highest BCUT2D eigenvalue weighted by Crippen LogP contribution is 2.38. The average Bonchev–Trinajstić information content (AvgIpc) is 3.05. The van der Waals surface area contributed by atoms with Crippen LogP contribution in [-0.2, 0) is 5.41 Å². The number of aryl methyl sites for hydroxylation is 1. The van der Waals surface area contributed by atoms with Crippen LogP contribution in [0.5, 0.6) is 0 Å². The second-order valence-electron chi connectivity index (χ2n) is 7.58. The zero-order valence-corrected chi connectivity index (χ0v) is 16.2. The third-order valence-corrected chi connectivity index (χ3v) is 5.78. The van der Waals surface area contributed by atoms with Gasteiger partial charge in [-0.25, -0.2) is 4.79 Å². The van der Waals surface area contributed by atoms with Crippen molar-refractivity contribution in [1.82, 2.24) is 4.90 Å². The predicted octanol–water partition coefficient (Wildman–Crippen LogP) is 5.57. The summed E-state index contributed by atoms with van der Waals surface area (Å²) in [6.07, 6.45) is 0. The van der Waals surface area contributed by atoms with Gasteiger partial charge in [0, 0.05) is 18.0 Å². The van der Waals surface area contributed by atoms with Gasteiger partial charge in [0.2, 0.25) is 0 Å². The van der Waals surface area contributed by atoms with Crippen LogP contribution >= 0.6 is 11.8 Å². The summed E-state index contributed by atoms with van der Waals surface area (Å²) in [5.41, 5.74) is 4.65. The van der Waals surface area contributed by atoms with Crippen molar-refractivity contribution in [3.05, 3.63) is 65.2 Å². The van der Waals surface area contributed by atoms with Gasteiger partial charge in [-0.05, 0) is 35.6 Å². The van der Waals surface area contributed by atoms with Crippen LogP contribution in [0.25, 0.3) is 0 Å². The predicted molar refractivity (Wildman–Crippen MR) is 107 cm³/mol. The van der Waals surface area contributed by atoms with Gasteiger partial charge in [-0.3, -0.25) is 0 Å². The number of rotatable bonds is 2. The number of thioether (sulfide) groups is 1. The van der Waals surface area contributed by atoms with Crippen molar-refractivity contribution < 1.29 is 4.79 Å². The lowest BCUT2D eigenvalue weighted by Gasteiger charge is -2.25. The second kappa shape index (κ2) is 7.12. The molecule has 2 amide bonds. The molecule has 1 unspecified atom stereocenters. The number of anilines is 1. The van der Waals surface area contributed by atoms with E-state index < -0.39 is 0 Å². The highest BCUT2D eigenvalue weighted by molar-refractivity contribution is 7.99. The number of urea groups is 1. The Morgan fingerprint density at radius 2 is 1.72 bits per heavy atom. The minimum absolute atomic E-state index is 0.0286. The summed E-state index contributed by atoms with van der Waals surface area (Å²) in [6, 6.07) is 16.6. The fraction of sp³-hybridized carbons (Fsp3) is 0.381. The topological polar surface area (TPSA) is 32.3 Å². The first kappa shape index (κ1) is 17.9. The number of carbonyl (C=O) groups excluding carboxylic acids is 1. The van der Waals surface area contributed by atoms with E-state index in [4.69, 9.17) is 0 Å². The Bertz CT molecular complexity index is 732. The van der Waals surface area contributed by atoms with E-state index in [1.165, 1.54) is 16.7 Å². The van der Waals surface area contributed by atoms with Gasteiger partial charge in [0.1, 0.15) is 5.37 Å². The van der Waals surface area contributed by atoms with Gasteiger partial charge in [-0.1, -0.05) is 62.7 Å². The van der Waals surface area contributed by atoms with Crippen molar-refractivity contribution in [2.24, 2.45) is 0 Å². The molecule has 0 bridgehead atoms. The van der Waals surface area contributed by atoms with Crippen LogP contribution in [0.3, 0.4) is 0 Å². The normalized spacial score (nSPS) is 17.6. The summed E-state index contributed by atoms with van der Waals surface area (Å²) in [6.45, 7) is 9.42. The Morgan fingerprint density at radius 1 is 1.08 bits per heavy atom. The van der Waals surface area contributed by atoms with Crippen molar-refractivity contribution in [3.63, 3.8) is 0 Å². The molecule has 1 saturated heterocycles. The molecule has 1 aliphatic rings. The third kappa shape index (κ3) is 4.18. The molecule has 25 heavy (non-hydrogen) atoms. The monoisotopic (exact) mass is 354 g/mol. The van der Waals surface area contributed by atoms with Gasteiger partial charge in [0.25, 0.3) is 0 Å². The van der Waals surface area contributed by atoms with Gasteiger partial charge in [0.15, 0.2) is 0 Å². The Kier molecular flexibility index (Phi) is 5.09. The van der Waals surface area contributed by atoms with Gasteiger partial charge in [-0.2, -0.15) is 0 Å². The van der Waals surface area contributed by atoms with Crippen LogP contribution in [0.4, 0.5) is 10.5 Å². The quantitative estimate of drug-likeness (QED) is 0.764. The van der Waals surface area contributed by atoms with E-state index in [2.05, 4.69) is 69.4 Å². The lowest BCUT2D eigenvalue weighted by molar-refractivity contribution is 0.214. The van der Waals surface area contributed by atoms with E-state index in [1.54, 1.807) is 0 Å². The zero-order valence-electron chi connectivity index (χ0n) is 15.4. The maximum absolute atomic E-state index is 12.7. The summed E-state index contributed by atoms with van der Waals surface area (Å²) in [5, 5.41) is 3.14. The molecule has 0 aliphatic carbocycles. The van der Waals surface area contributed by atoms with E-state index in [0.29, 0.717) is 0 Å². The highest BCUT2D eigenvalue weighted by atomic mass is 32.2. The van der Waals surface area contributed by atoms with E-state index >= 15 is 0 Å². The lowest BCUT2D eigenvalue weighted by atomic mass is 9.87. The summed E-state index contributed by atoms with van der Waals surface area (Å²) in [4.78, 5) is 14.7. The van der Waals surface area contributed by atoms with E-state index in [-0.39, 0.29) is 16.8 Å². The molecule has 0 aromatic heterocycles. The summed E-state index contributed by atoms with van der Waals surface area (Å²) >= 11 is 1.82. The van der Waals surface area contributed by atoms with Crippen LogP contribution in [-0.4, -0.2) is 23.2 Å². The van der Waals surface area contributed by atoms with Crippen molar-refractivity contribution in [1.29, 1.82) is 0 Å². The molecule has 0 spiro atoms. The Labute approximate surface area is 154 Å². The van der Waals surface area contributed by atoms with Crippen LogP contribution in [0.2, 0.25) is 0 Å². The molecule has 1 atom stereocenters. The Hall–Kier alpha value is -1.94. The van der Waals surface area contributed by atoms with Gasteiger partial charge < -0.3 is 10.2 Å². The van der Waals surface area contributed by atoms with Gasteiger partial charge in [-0.15, -0.1) is 11.8 Å². The Balaban J connectivity index is 1.70. The standard InChI is InChI=1S/C21H26N2OS/c1-15-5-7-16(8-6-15)19-23(13-14-25-19)20(24)22-18-11-9-17(10-12-18)21(2,3)4/h5-12,19H,13-14H2,1-4H3,(H,22,24). The largest absolute Gasteiger partial charge is 0.323 e. The molecular formula is C21H26N2OS. The zero-order chi connectivity index (χ0) is 18.0. The number of hydrogen-bond donors (Lipinski definition) is 1. The molecule has 1 fully saturated rings. The lowest BCUT2D eigenvalue weighted by Crippen LogP contribution is -2.34. The molecule has 3 rings (SSSR count). The fourth-order valence-corrected chi connectivity index (χ4v) is 4.19. The first-order chi connectivity index (χ1) is 11.8. The molecule has 2 aromatic carbocycles. The SMILES string of the molecule is Cc1ccc(C2SCCN2C(=O)Nc2ccc(C(C)(C)C)cc2)cc1. The maximum atomic E-state index is 12.7. The van der Waals surface area contributed by atoms with E-state index in [0.717, 1.165) is 18.0 Å². The van der Waals surface area contributed by atoms with E-state index in [9.17, 15) is 4.79 Å². The van der Waals surface area contributed by atoms with Crippen molar-refractivity contribution in [2.45, 2.75) is 38.5 Å². The maximum Gasteiger partial charge on any atom is 0.323 e. The third-order valence-electron chi connectivity index (χ3n) is 4.52. The number of carbonyl (C=O) groups is 1. The van der Waals surface area contributed by atoms with Crippen LogP contribution < -0.4 is 5.32 Å². The van der Waals surface area contributed by atoms with Crippen LogP contribution in [0.1, 0.15) is 42.8 Å². The van der Waals surface area contributed by atoms with Gasteiger partial charge in [0.05, 0.1) is 0 Å². The number of nitrogens with zero attached hydrogens (tertiary/aromatic N) is 1. The molecule has 132 valence electrons. The minimum atomic E-state index is -0.0286. The van der Waals surface area contributed by atoms with Crippen LogP contribution in [0, 0.1) is 6.92 Å². The number of benzene rings is 2. The molecule has 0 saturated carbocycles. The first-order valence-electron chi connectivity index (χ1n) is 8.71. The minimum Gasteiger partial charge on any atom is -0.308 e. The summed E-state index contributed by atoms with van der Waals surface area (Å²) < 4.78 is 0. The number of hydrogen-bond acceptors (Lipinski definition) is 2. The van der Waals surface area contributed by atoms with Crippen LogP contribution in [0.15, 0.2) is 48.5 Å². The van der Waals surface area contributed by atoms with Crippen molar-refractivity contribution >= 4 is 23.5 Å².